The maximum Gasteiger partial charge on any atom is 0.226 e. The molecule has 0 spiro atoms. The Hall–Kier alpha value is -1.80. The van der Waals surface area contributed by atoms with Crippen molar-refractivity contribution in [2.24, 2.45) is 0 Å². The number of amides is 1. The number of rotatable bonds is 4. The Labute approximate surface area is 137 Å². The van der Waals surface area contributed by atoms with Crippen LogP contribution in [0.5, 0.6) is 0 Å². The van der Waals surface area contributed by atoms with Gasteiger partial charge in [0.25, 0.3) is 0 Å². The number of nitrogens with zero attached hydrogens (tertiary/aromatic N) is 1. The van der Waals surface area contributed by atoms with Crippen molar-refractivity contribution in [3.63, 3.8) is 0 Å². The van der Waals surface area contributed by atoms with Crippen LogP contribution in [0.1, 0.15) is 12.1 Å². The van der Waals surface area contributed by atoms with Gasteiger partial charge in [0.1, 0.15) is 10.8 Å². The molecule has 0 aliphatic carbocycles. The summed E-state index contributed by atoms with van der Waals surface area (Å²) in [5.74, 6) is -0.506. The minimum atomic E-state index is -3.02. The van der Waals surface area contributed by atoms with Crippen LogP contribution in [0.4, 0.5) is 4.39 Å². The first-order valence-electron chi connectivity index (χ1n) is 7.12. The Bertz CT molecular complexity index is 833. The van der Waals surface area contributed by atoms with Crippen LogP contribution in [0.2, 0.25) is 0 Å². The molecule has 23 heavy (non-hydrogen) atoms. The molecule has 2 aromatic rings. The largest absolute Gasteiger partial charge is 0.352 e. The lowest BCUT2D eigenvalue weighted by atomic mass is 10.2. The fourth-order valence-electron chi connectivity index (χ4n) is 2.50. The molecule has 1 atom stereocenters. The summed E-state index contributed by atoms with van der Waals surface area (Å²) in [4.78, 5) is 16.3. The summed E-state index contributed by atoms with van der Waals surface area (Å²) in [7, 11) is -3.02. The molecule has 1 aromatic heterocycles. The van der Waals surface area contributed by atoms with Gasteiger partial charge < -0.3 is 5.32 Å². The lowest BCUT2D eigenvalue weighted by molar-refractivity contribution is -0.121. The first-order chi connectivity index (χ1) is 10.9. The van der Waals surface area contributed by atoms with Crippen molar-refractivity contribution in [2.45, 2.75) is 18.9 Å². The predicted octanol–water partition coefficient (Wildman–Crippen LogP) is 1.79. The van der Waals surface area contributed by atoms with Crippen molar-refractivity contribution >= 4 is 27.1 Å². The summed E-state index contributed by atoms with van der Waals surface area (Å²) in [6.07, 6.45) is 0.507. The van der Waals surface area contributed by atoms with Gasteiger partial charge in [0, 0.05) is 17.0 Å². The zero-order valence-electron chi connectivity index (χ0n) is 12.2. The van der Waals surface area contributed by atoms with Crippen molar-refractivity contribution in [3.8, 4) is 10.6 Å². The van der Waals surface area contributed by atoms with E-state index in [2.05, 4.69) is 10.3 Å². The van der Waals surface area contributed by atoms with Gasteiger partial charge in [-0.05, 0) is 18.6 Å². The first-order valence-corrected chi connectivity index (χ1v) is 9.82. The third-order valence-corrected chi connectivity index (χ3v) is 6.29. The fraction of sp³-hybridized carbons (Fsp3) is 0.333. The molecule has 1 N–H and O–H groups in total. The van der Waals surface area contributed by atoms with E-state index in [1.165, 1.54) is 17.4 Å². The number of halogens is 1. The number of aromatic nitrogens is 1. The highest BCUT2D eigenvalue weighted by molar-refractivity contribution is 7.91. The molecule has 1 aliphatic heterocycles. The van der Waals surface area contributed by atoms with Gasteiger partial charge in [-0.3, -0.25) is 4.79 Å². The van der Waals surface area contributed by atoms with Crippen molar-refractivity contribution in [1.29, 1.82) is 0 Å². The van der Waals surface area contributed by atoms with E-state index in [9.17, 15) is 17.6 Å². The molecule has 3 rings (SSSR count). The van der Waals surface area contributed by atoms with Crippen molar-refractivity contribution in [3.05, 3.63) is 41.2 Å². The van der Waals surface area contributed by atoms with Crippen LogP contribution in [0.15, 0.2) is 29.6 Å². The highest BCUT2D eigenvalue weighted by Crippen LogP contribution is 2.26. The summed E-state index contributed by atoms with van der Waals surface area (Å²) in [5.41, 5.74) is 0.956. The molecule has 0 bridgehead atoms. The number of carbonyl (C=O) groups is 1. The van der Waals surface area contributed by atoms with Gasteiger partial charge in [-0.25, -0.2) is 17.8 Å². The highest BCUT2D eigenvalue weighted by atomic mass is 32.2. The summed E-state index contributed by atoms with van der Waals surface area (Å²) < 4.78 is 36.5. The van der Waals surface area contributed by atoms with E-state index in [0.29, 0.717) is 22.7 Å². The van der Waals surface area contributed by atoms with Crippen LogP contribution in [-0.2, 0) is 21.1 Å². The number of sulfone groups is 1. The van der Waals surface area contributed by atoms with E-state index < -0.39 is 9.84 Å². The Kier molecular flexibility index (Phi) is 4.45. The third kappa shape index (κ3) is 3.94. The molecule has 0 saturated carbocycles. The van der Waals surface area contributed by atoms with Crippen LogP contribution in [-0.4, -0.2) is 36.9 Å². The summed E-state index contributed by atoms with van der Waals surface area (Å²) >= 11 is 1.27. The fourth-order valence-corrected chi connectivity index (χ4v) is 5.02. The molecule has 8 heteroatoms. The molecule has 1 amide bonds. The van der Waals surface area contributed by atoms with Crippen LogP contribution in [0, 0.1) is 5.82 Å². The number of carbonyl (C=O) groups excluding carboxylic acids is 1. The van der Waals surface area contributed by atoms with Crippen molar-refractivity contribution in [1.82, 2.24) is 10.3 Å². The van der Waals surface area contributed by atoms with Gasteiger partial charge in [0.15, 0.2) is 9.84 Å². The molecule has 5 nitrogen and oxygen atoms in total. The normalized spacial score (nSPS) is 19.6. The predicted molar refractivity (Wildman–Crippen MR) is 86.4 cm³/mol. The minimum Gasteiger partial charge on any atom is -0.352 e. The first kappa shape index (κ1) is 16.1. The van der Waals surface area contributed by atoms with Crippen LogP contribution >= 0.6 is 11.3 Å². The lowest BCUT2D eigenvalue weighted by Gasteiger charge is -2.09. The molecule has 1 saturated heterocycles. The Balaban J connectivity index is 1.63. The maximum atomic E-state index is 13.7. The Morgan fingerprint density at radius 1 is 1.39 bits per heavy atom. The second-order valence-corrected chi connectivity index (χ2v) is 8.55. The van der Waals surface area contributed by atoms with E-state index in [-0.39, 0.29) is 35.7 Å². The number of nitrogens with one attached hydrogen (secondary N) is 1. The van der Waals surface area contributed by atoms with E-state index in [0.717, 1.165) is 0 Å². The Morgan fingerprint density at radius 3 is 2.87 bits per heavy atom. The van der Waals surface area contributed by atoms with Crippen LogP contribution in [0.25, 0.3) is 10.6 Å². The average molecular weight is 354 g/mol. The van der Waals surface area contributed by atoms with Gasteiger partial charge in [-0.15, -0.1) is 11.3 Å². The summed E-state index contributed by atoms with van der Waals surface area (Å²) in [6, 6.07) is 6.02. The van der Waals surface area contributed by atoms with Gasteiger partial charge in [0.2, 0.25) is 5.91 Å². The number of thiazole rings is 1. The van der Waals surface area contributed by atoms with Gasteiger partial charge in [-0.1, -0.05) is 12.1 Å². The highest BCUT2D eigenvalue weighted by Gasteiger charge is 2.28. The smallest absolute Gasteiger partial charge is 0.226 e. The van der Waals surface area contributed by atoms with Gasteiger partial charge >= 0.3 is 0 Å². The van der Waals surface area contributed by atoms with E-state index >= 15 is 0 Å². The van der Waals surface area contributed by atoms with Crippen LogP contribution in [0.3, 0.4) is 0 Å². The van der Waals surface area contributed by atoms with Crippen molar-refractivity contribution in [2.75, 3.05) is 11.5 Å². The standard InChI is InChI=1S/C15H15FN2O3S2/c16-13-4-2-1-3-12(13)15-18-11(8-22-15)7-14(19)17-10-5-6-23(20,21)9-10/h1-4,8,10H,5-7,9H2,(H,17,19). The molecular weight excluding hydrogens is 339 g/mol. The molecule has 1 aromatic carbocycles. The molecule has 122 valence electrons. The van der Waals surface area contributed by atoms with E-state index in [4.69, 9.17) is 0 Å². The summed E-state index contributed by atoms with van der Waals surface area (Å²) in [5, 5.41) is 4.95. The molecule has 2 heterocycles. The lowest BCUT2D eigenvalue weighted by Crippen LogP contribution is -2.36. The van der Waals surface area contributed by atoms with Gasteiger partial charge in [0.05, 0.1) is 23.6 Å². The molecular formula is C15H15FN2O3S2. The quantitative estimate of drug-likeness (QED) is 0.908. The topological polar surface area (TPSA) is 76.1 Å². The van der Waals surface area contributed by atoms with Crippen molar-refractivity contribution < 1.29 is 17.6 Å². The van der Waals surface area contributed by atoms with Gasteiger partial charge in [-0.2, -0.15) is 0 Å². The monoisotopic (exact) mass is 354 g/mol. The average Bonchev–Trinajstić information content (AvgIpc) is 3.06. The molecule has 1 fully saturated rings. The number of hydrogen-bond acceptors (Lipinski definition) is 5. The Morgan fingerprint density at radius 2 is 2.17 bits per heavy atom. The minimum absolute atomic E-state index is 0.00369. The van der Waals surface area contributed by atoms with E-state index in [1.807, 2.05) is 0 Å². The molecule has 1 aliphatic rings. The number of hydrogen-bond donors (Lipinski definition) is 1. The third-order valence-electron chi connectivity index (χ3n) is 3.60. The van der Waals surface area contributed by atoms with Crippen LogP contribution < -0.4 is 5.32 Å². The second kappa shape index (κ2) is 6.37. The molecule has 0 radical (unpaired) electrons. The maximum absolute atomic E-state index is 13.7. The zero-order valence-corrected chi connectivity index (χ0v) is 13.8. The number of benzene rings is 1. The zero-order chi connectivity index (χ0) is 16.4. The SMILES string of the molecule is O=C(Cc1csc(-c2ccccc2F)n1)NC1CCS(=O)(=O)C1. The summed E-state index contributed by atoms with van der Waals surface area (Å²) in [6.45, 7) is 0. The molecule has 1 unspecified atom stereocenters. The second-order valence-electron chi connectivity index (χ2n) is 5.47. The van der Waals surface area contributed by atoms with E-state index in [1.54, 1.807) is 23.6 Å².